The van der Waals surface area contributed by atoms with Crippen molar-refractivity contribution in [3.8, 4) is 33.6 Å². The predicted molar refractivity (Wildman–Crippen MR) is 164 cm³/mol. The van der Waals surface area contributed by atoms with E-state index in [0.29, 0.717) is 0 Å². The number of hydrogen-bond donors (Lipinski definition) is 0. The Labute approximate surface area is 254 Å². The van der Waals surface area contributed by atoms with Crippen molar-refractivity contribution in [3.05, 3.63) is 145 Å². The van der Waals surface area contributed by atoms with Gasteiger partial charge < -0.3 is 14.4 Å². The van der Waals surface area contributed by atoms with Crippen LogP contribution in [-0.2, 0) is 26.5 Å². The fraction of sp³-hybridized carbons (Fsp3) is 0.0811. The van der Waals surface area contributed by atoms with Crippen molar-refractivity contribution in [1.82, 2.24) is 9.97 Å². The average molecular weight is 709 g/mol. The Kier molecular flexibility index (Phi) is 8.84. The monoisotopic (exact) mass is 709 g/mol. The van der Waals surface area contributed by atoms with Crippen LogP contribution < -0.4 is 0 Å². The Morgan fingerprint density at radius 3 is 2.27 bits per heavy atom. The molecule has 0 aliphatic carbocycles. The first kappa shape index (κ1) is 28.2. The summed E-state index contributed by atoms with van der Waals surface area (Å²) >= 11 is 0. The molecular formula is C37H28IrN2O-2. The Hall–Kier alpha value is -4.37. The van der Waals surface area contributed by atoms with E-state index in [9.17, 15) is 0 Å². The molecule has 3 aromatic heterocycles. The van der Waals surface area contributed by atoms with Crippen LogP contribution in [0.15, 0.2) is 126 Å². The molecule has 4 aromatic carbocycles. The van der Waals surface area contributed by atoms with Gasteiger partial charge in [-0.1, -0.05) is 78.5 Å². The van der Waals surface area contributed by atoms with E-state index in [-0.39, 0.29) is 20.1 Å². The van der Waals surface area contributed by atoms with Gasteiger partial charge in [-0.2, -0.15) is 0 Å². The van der Waals surface area contributed by atoms with Crippen LogP contribution in [0.5, 0.6) is 0 Å². The minimum absolute atomic E-state index is 0. The number of fused-ring (bicyclic) bond motifs is 3. The second-order valence-corrected chi connectivity index (χ2v) is 9.66. The molecule has 0 unspecified atom stereocenters. The normalized spacial score (nSPS) is 10.6. The van der Waals surface area contributed by atoms with Crippen molar-refractivity contribution in [2.45, 2.75) is 20.3 Å². The molecule has 3 nitrogen and oxygen atoms in total. The summed E-state index contributed by atoms with van der Waals surface area (Å²) in [5.41, 5.74) is 10.7. The Balaban J connectivity index is 0.000000161. The quantitative estimate of drug-likeness (QED) is 0.171. The molecule has 0 bridgehead atoms. The molecular weight excluding hydrogens is 681 g/mol. The molecule has 7 rings (SSSR count). The molecule has 0 spiro atoms. The summed E-state index contributed by atoms with van der Waals surface area (Å²) in [6, 6.07) is 43.2. The molecule has 0 atom stereocenters. The molecule has 0 N–H and O–H groups in total. The van der Waals surface area contributed by atoms with Crippen LogP contribution in [0.4, 0.5) is 0 Å². The number of hydrogen-bond acceptors (Lipinski definition) is 3. The van der Waals surface area contributed by atoms with Crippen LogP contribution >= 0.6 is 0 Å². The van der Waals surface area contributed by atoms with Crippen molar-refractivity contribution in [2.75, 3.05) is 0 Å². The average Bonchev–Trinajstić information content (AvgIpc) is 3.40. The maximum absolute atomic E-state index is 5.82. The maximum Gasteiger partial charge on any atom is 0.120 e. The molecule has 0 aliphatic rings. The number of rotatable bonds is 4. The molecule has 0 fully saturated rings. The number of nitrogens with zero attached hydrogens (tertiary/aromatic N) is 2. The van der Waals surface area contributed by atoms with Crippen molar-refractivity contribution in [1.29, 1.82) is 0 Å². The van der Waals surface area contributed by atoms with E-state index in [1.165, 1.54) is 22.3 Å². The van der Waals surface area contributed by atoms with E-state index in [0.717, 1.165) is 50.9 Å². The number of para-hydroxylation sites is 1. The molecule has 203 valence electrons. The fourth-order valence-corrected chi connectivity index (χ4v) is 4.87. The second-order valence-electron chi connectivity index (χ2n) is 9.66. The van der Waals surface area contributed by atoms with Gasteiger partial charge >= 0.3 is 0 Å². The third kappa shape index (κ3) is 6.20. The van der Waals surface area contributed by atoms with Crippen LogP contribution in [0, 0.1) is 19.1 Å². The van der Waals surface area contributed by atoms with Gasteiger partial charge in [0.1, 0.15) is 5.58 Å². The summed E-state index contributed by atoms with van der Waals surface area (Å²) in [5.74, 6) is 0. The van der Waals surface area contributed by atoms with E-state index in [1.807, 2.05) is 73.1 Å². The summed E-state index contributed by atoms with van der Waals surface area (Å²) in [4.78, 5) is 9.02. The molecule has 1 radical (unpaired) electrons. The van der Waals surface area contributed by atoms with Crippen LogP contribution in [0.25, 0.3) is 55.6 Å². The number of furan rings is 1. The SMILES string of the molecule is CCc1cc(-c2[c-]cccc2)ncc1-c1ccccc1.Cc1ccnc(-c2[c-]cc3oc4ccccc4c3c2)c1.[Ir]. The number of aryl methyl sites for hydroxylation is 2. The van der Waals surface area contributed by atoms with E-state index in [4.69, 9.17) is 4.42 Å². The van der Waals surface area contributed by atoms with E-state index >= 15 is 0 Å². The van der Waals surface area contributed by atoms with Gasteiger partial charge in [-0.15, -0.1) is 59.7 Å². The van der Waals surface area contributed by atoms with Crippen molar-refractivity contribution < 1.29 is 24.5 Å². The van der Waals surface area contributed by atoms with Gasteiger partial charge in [0.05, 0.1) is 5.58 Å². The first-order chi connectivity index (χ1) is 19.7. The van der Waals surface area contributed by atoms with Crippen LogP contribution in [0.2, 0.25) is 0 Å². The van der Waals surface area contributed by atoms with E-state index in [1.54, 1.807) is 0 Å². The molecule has 0 aliphatic heterocycles. The third-order valence-corrected chi connectivity index (χ3v) is 6.94. The smallest absolute Gasteiger partial charge is 0.120 e. The zero-order chi connectivity index (χ0) is 27.3. The van der Waals surface area contributed by atoms with Crippen LogP contribution in [-0.4, -0.2) is 9.97 Å². The summed E-state index contributed by atoms with van der Waals surface area (Å²) in [7, 11) is 0. The van der Waals surface area contributed by atoms with Gasteiger partial charge in [0.15, 0.2) is 0 Å². The fourth-order valence-electron chi connectivity index (χ4n) is 4.87. The Morgan fingerprint density at radius 1 is 0.707 bits per heavy atom. The largest absolute Gasteiger partial charge is 0.500 e. The zero-order valence-electron chi connectivity index (χ0n) is 22.9. The molecule has 7 aromatic rings. The molecule has 3 heterocycles. The Morgan fingerprint density at radius 2 is 1.49 bits per heavy atom. The maximum atomic E-state index is 5.82. The topological polar surface area (TPSA) is 38.9 Å². The second kappa shape index (κ2) is 12.9. The van der Waals surface area contributed by atoms with Gasteiger partial charge in [-0.05, 0) is 48.0 Å². The summed E-state index contributed by atoms with van der Waals surface area (Å²) in [6.07, 6.45) is 4.80. The van der Waals surface area contributed by atoms with E-state index < -0.39 is 0 Å². The Bertz CT molecular complexity index is 1900. The molecule has 0 saturated heterocycles. The minimum Gasteiger partial charge on any atom is -0.500 e. The van der Waals surface area contributed by atoms with Crippen molar-refractivity contribution in [3.63, 3.8) is 0 Å². The van der Waals surface area contributed by atoms with Gasteiger partial charge in [0.25, 0.3) is 0 Å². The van der Waals surface area contributed by atoms with E-state index in [2.05, 4.69) is 84.5 Å². The molecule has 4 heteroatoms. The number of pyridine rings is 2. The summed E-state index contributed by atoms with van der Waals surface area (Å²) in [6.45, 7) is 4.25. The minimum atomic E-state index is 0. The molecule has 41 heavy (non-hydrogen) atoms. The number of aromatic nitrogens is 2. The number of benzene rings is 4. The predicted octanol–water partition coefficient (Wildman–Crippen LogP) is 9.53. The standard InChI is InChI=1S/C19H16N.C18H12NO.Ir/c1-2-15-13-19(17-11-7-4-8-12-17)20-14-18(15)16-9-5-3-6-10-16;1-12-8-9-19-16(10-12)13-6-7-18-15(11-13)14-4-2-3-5-17(14)20-18;/h3-11,13-14H,2H2,1H3;2-5,7-11H,1H3;/q2*-1;. The van der Waals surface area contributed by atoms with Gasteiger partial charge in [-0.3, -0.25) is 0 Å². The van der Waals surface area contributed by atoms with Crippen LogP contribution in [0.1, 0.15) is 18.1 Å². The third-order valence-electron chi connectivity index (χ3n) is 6.94. The molecule has 0 amide bonds. The summed E-state index contributed by atoms with van der Waals surface area (Å²) in [5, 5.41) is 2.24. The van der Waals surface area contributed by atoms with Gasteiger partial charge in [0.2, 0.25) is 0 Å². The first-order valence-electron chi connectivity index (χ1n) is 13.5. The first-order valence-corrected chi connectivity index (χ1v) is 13.5. The summed E-state index contributed by atoms with van der Waals surface area (Å²) < 4.78 is 5.82. The van der Waals surface area contributed by atoms with Crippen LogP contribution in [0.3, 0.4) is 0 Å². The van der Waals surface area contributed by atoms with Gasteiger partial charge in [0, 0.05) is 43.4 Å². The van der Waals surface area contributed by atoms with Gasteiger partial charge in [-0.25, -0.2) is 0 Å². The van der Waals surface area contributed by atoms with Crippen molar-refractivity contribution in [2.24, 2.45) is 0 Å². The van der Waals surface area contributed by atoms with Crippen molar-refractivity contribution >= 4 is 21.9 Å². The zero-order valence-corrected chi connectivity index (χ0v) is 25.3. The molecule has 0 saturated carbocycles.